The van der Waals surface area contributed by atoms with Gasteiger partial charge in [0.15, 0.2) is 0 Å². The van der Waals surface area contributed by atoms with E-state index in [2.05, 4.69) is 24.7 Å². The van der Waals surface area contributed by atoms with E-state index >= 15 is 0 Å². The van der Waals surface area contributed by atoms with Crippen LogP contribution in [0.5, 0.6) is 0 Å². The molecule has 0 atom stereocenters. The molecule has 1 aromatic carbocycles. The molecule has 1 aromatic rings. The Hall–Kier alpha value is -0.540. The van der Waals surface area contributed by atoms with Crippen LogP contribution in [0.2, 0.25) is 5.02 Å². The van der Waals surface area contributed by atoms with Crippen molar-refractivity contribution in [2.75, 3.05) is 0 Å². The molecule has 0 spiro atoms. The summed E-state index contributed by atoms with van der Waals surface area (Å²) < 4.78 is 0. The molecule has 0 bridgehead atoms. The Bertz CT molecular complexity index is 295. The van der Waals surface area contributed by atoms with Gasteiger partial charge in [0.1, 0.15) is 0 Å². The molecule has 0 aliphatic heterocycles. The minimum absolute atomic E-state index is 0.222. The first-order chi connectivity index (χ1) is 6.24. The molecule has 0 radical (unpaired) electrons. The van der Waals surface area contributed by atoms with Crippen molar-refractivity contribution in [3.05, 3.63) is 34.9 Å². The maximum Gasteiger partial charge on any atom is 0.372 e. The summed E-state index contributed by atoms with van der Waals surface area (Å²) >= 11 is 9.45. The molecule has 70 valence electrons. The van der Waals surface area contributed by atoms with Gasteiger partial charge < -0.3 is 0 Å². The SMILES string of the molecule is O=C(OO)c1cccc(Cl)c1.P=S. The van der Waals surface area contributed by atoms with Gasteiger partial charge in [-0.25, -0.2) is 4.79 Å². The number of benzene rings is 1. The van der Waals surface area contributed by atoms with E-state index in [-0.39, 0.29) is 5.56 Å². The molecule has 1 N–H and O–H groups in total. The van der Waals surface area contributed by atoms with Crippen molar-refractivity contribution in [3.8, 4) is 0 Å². The highest BCUT2D eigenvalue weighted by molar-refractivity contribution is 7.88. The van der Waals surface area contributed by atoms with Crippen molar-refractivity contribution in [1.82, 2.24) is 0 Å². The van der Waals surface area contributed by atoms with E-state index < -0.39 is 5.97 Å². The fourth-order valence-electron chi connectivity index (χ4n) is 0.668. The Morgan fingerprint density at radius 1 is 1.54 bits per heavy atom. The summed E-state index contributed by atoms with van der Waals surface area (Å²) in [5.74, 6) is -0.813. The Kier molecular flexibility index (Phi) is 6.63. The van der Waals surface area contributed by atoms with Gasteiger partial charge in [-0.15, -0.1) is 0 Å². The average molecular weight is 237 g/mol. The molecule has 0 heterocycles. The second kappa shape index (κ2) is 6.92. The lowest BCUT2D eigenvalue weighted by Gasteiger charge is -1.95. The van der Waals surface area contributed by atoms with Crippen LogP contribution in [0.1, 0.15) is 10.4 Å². The van der Waals surface area contributed by atoms with Gasteiger partial charge in [-0.1, -0.05) is 29.5 Å². The zero-order chi connectivity index (χ0) is 10.3. The highest BCUT2D eigenvalue weighted by atomic mass is 35.5. The van der Waals surface area contributed by atoms with Gasteiger partial charge in [-0.05, 0) is 26.2 Å². The molecule has 0 unspecified atom stereocenters. The smallest absolute Gasteiger partial charge is 0.296 e. The molecule has 0 saturated carbocycles. The molecule has 0 fully saturated rings. The topological polar surface area (TPSA) is 46.5 Å². The Morgan fingerprint density at radius 3 is 2.62 bits per heavy atom. The highest BCUT2D eigenvalue weighted by Crippen LogP contribution is 2.10. The molecular weight excluding hydrogens is 231 g/mol. The van der Waals surface area contributed by atoms with Crippen molar-refractivity contribution in [1.29, 1.82) is 0 Å². The van der Waals surface area contributed by atoms with E-state index in [1.54, 1.807) is 12.1 Å². The molecule has 0 aliphatic rings. The van der Waals surface area contributed by atoms with Gasteiger partial charge >= 0.3 is 5.97 Å². The number of carbonyl (C=O) groups excluding carboxylic acids is 1. The number of rotatable bonds is 1. The van der Waals surface area contributed by atoms with Crippen LogP contribution in [0.3, 0.4) is 0 Å². The maximum absolute atomic E-state index is 10.6. The van der Waals surface area contributed by atoms with Crippen LogP contribution in [0, 0.1) is 0 Å². The lowest BCUT2D eigenvalue weighted by molar-refractivity contribution is -0.182. The second-order valence-electron chi connectivity index (χ2n) is 1.89. The third-order valence-corrected chi connectivity index (χ3v) is 1.38. The molecule has 0 aromatic heterocycles. The number of carbonyl (C=O) groups is 1. The summed E-state index contributed by atoms with van der Waals surface area (Å²) in [7, 11) is 2.56. The summed E-state index contributed by atoms with van der Waals surface area (Å²) in [6.07, 6.45) is 0. The predicted octanol–water partition coefficient (Wildman–Crippen LogP) is 2.56. The molecule has 1 rings (SSSR count). The first-order valence-electron chi connectivity index (χ1n) is 3.06. The van der Waals surface area contributed by atoms with Crippen LogP contribution in [-0.4, -0.2) is 11.2 Å². The zero-order valence-electron chi connectivity index (χ0n) is 6.36. The van der Waals surface area contributed by atoms with Crippen LogP contribution in [0.15, 0.2) is 24.3 Å². The average Bonchev–Trinajstić information content (AvgIpc) is 2.20. The van der Waals surface area contributed by atoms with Gasteiger partial charge in [-0.2, -0.15) is 5.26 Å². The van der Waals surface area contributed by atoms with Crippen LogP contribution >= 0.6 is 19.6 Å². The largest absolute Gasteiger partial charge is 0.372 e. The van der Waals surface area contributed by atoms with Gasteiger partial charge in [0, 0.05) is 5.02 Å². The zero-order valence-corrected chi connectivity index (χ0v) is 8.93. The molecule has 6 heteroatoms. The number of halogens is 1. The standard InChI is InChI=1S/C7H5ClO3.HPS/c8-6-3-1-2-5(4-6)7(9)11-10;1-2/h1-4,10H;1H. The van der Waals surface area contributed by atoms with Gasteiger partial charge in [0.25, 0.3) is 0 Å². The van der Waals surface area contributed by atoms with E-state index in [0.717, 1.165) is 0 Å². The lowest BCUT2D eigenvalue weighted by Crippen LogP contribution is -2.00. The Labute approximate surface area is 87.5 Å². The maximum atomic E-state index is 10.6. The second-order valence-corrected chi connectivity index (χ2v) is 2.33. The van der Waals surface area contributed by atoms with E-state index in [0.29, 0.717) is 5.02 Å². The quantitative estimate of drug-likeness (QED) is 0.462. The fourth-order valence-corrected chi connectivity index (χ4v) is 0.858. The first-order valence-corrected chi connectivity index (χ1v) is 5.07. The van der Waals surface area contributed by atoms with E-state index in [4.69, 9.17) is 16.9 Å². The van der Waals surface area contributed by atoms with Gasteiger partial charge in [0.05, 0.1) is 5.56 Å². The molecular formula is C7H6ClO3PS. The number of hydrogen-bond donors (Lipinski definition) is 1. The molecule has 0 aliphatic carbocycles. The van der Waals surface area contributed by atoms with Crippen LogP contribution in [0.4, 0.5) is 0 Å². The summed E-state index contributed by atoms with van der Waals surface area (Å²) in [4.78, 5) is 14.1. The third kappa shape index (κ3) is 4.29. The first kappa shape index (κ1) is 12.5. The van der Waals surface area contributed by atoms with Crippen molar-refractivity contribution in [2.24, 2.45) is 0 Å². The third-order valence-electron chi connectivity index (χ3n) is 1.14. The monoisotopic (exact) mass is 236 g/mol. The summed E-state index contributed by atoms with van der Waals surface area (Å²) in [5, 5.41) is 8.41. The number of hydrogen-bond acceptors (Lipinski definition) is 4. The van der Waals surface area contributed by atoms with Crippen LogP contribution < -0.4 is 0 Å². The lowest BCUT2D eigenvalue weighted by atomic mass is 10.2. The van der Waals surface area contributed by atoms with Crippen molar-refractivity contribution < 1.29 is 14.9 Å². The minimum atomic E-state index is -0.813. The minimum Gasteiger partial charge on any atom is -0.296 e. The Balaban J connectivity index is 0.000000671. The van der Waals surface area contributed by atoms with Crippen LogP contribution in [0.25, 0.3) is 0 Å². The van der Waals surface area contributed by atoms with E-state index in [1.807, 2.05) is 0 Å². The summed E-state index contributed by atoms with van der Waals surface area (Å²) in [5.41, 5.74) is 0.222. The van der Waals surface area contributed by atoms with Crippen molar-refractivity contribution >= 4 is 37.4 Å². The molecule has 3 nitrogen and oxygen atoms in total. The molecule has 13 heavy (non-hydrogen) atoms. The predicted molar refractivity (Wildman–Crippen MR) is 55.2 cm³/mol. The van der Waals surface area contributed by atoms with Crippen molar-refractivity contribution in [2.45, 2.75) is 0 Å². The molecule has 0 saturated heterocycles. The normalized spacial score (nSPS) is 8.15. The highest BCUT2D eigenvalue weighted by Gasteiger charge is 2.05. The Morgan fingerprint density at radius 2 is 2.15 bits per heavy atom. The summed E-state index contributed by atoms with van der Waals surface area (Å²) in [6.45, 7) is 0. The van der Waals surface area contributed by atoms with E-state index in [9.17, 15) is 4.79 Å². The van der Waals surface area contributed by atoms with E-state index in [1.165, 1.54) is 12.1 Å². The summed E-state index contributed by atoms with van der Waals surface area (Å²) in [6, 6.07) is 6.11. The fraction of sp³-hybridized carbons (Fsp3) is 0. The molecule has 0 amide bonds. The van der Waals surface area contributed by atoms with Gasteiger partial charge in [-0.3, -0.25) is 4.89 Å². The van der Waals surface area contributed by atoms with Crippen molar-refractivity contribution in [3.63, 3.8) is 0 Å². The van der Waals surface area contributed by atoms with Gasteiger partial charge in [0.2, 0.25) is 0 Å². The van der Waals surface area contributed by atoms with Crippen LogP contribution in [-0.2, 0) is 16.7 Å².